The smallest absolute Gasteiger partial charge is 0.0710 e. The number of thiophene rings is 1. The molecule has 0 amide bonds. The molecule has 1 aliphatic rings. The molecule has 0 aromatic carbocycles. The molecule has 0 bridgehead atoms. The van der Waals surface area contributed by atoms with Crippen LogP contribution in [0.25, 0.3) is 0 Å². The average Bonchev–Trinajstić information content (AvgIpc) is 2.81. The minimum absolute atomic E-state index is 0.183. The molecule has 1 aromatic rings. The summed E-state index contributed by atoms with van der Waals surface area (Å²) in [5.74, 6) is 2.43. The van der Waals surface area contributed by atoms with Crippen LogP contribution in [0.4, 0.5) is 0 Å². The van der Waals surface area contributed by atoms with Crippen LogP contribution in [0.2, 0.25) is 0 Å². The van der Waals surface area contributed by atoms with Crippen molar-refractivity contribution in [2.24, 2.45) is 0 Å². The van der Waals surface area contributed by atoms with E-state index >= 15 is 0 Å². The minimum Gasteiger partial charge on any atom is -0.392 e. The Morgan fingerprint density at radius 1 is 1.44 bits per heavy atom. The Balaban J connectivity index is 1.94. The van der Waals surface area contributed by atoms with Crippen molar-refractivity contribution < 1.29 is 5.11 Å². The van der Waals surface area contributed by atoms with Gasteiger partial charge in [-0.2, -0.15) is 34.9 Å². The van der Waals surface area contributed by atoms with E-state index in [0.29, 0.717) is 10.5 Å². The van der Waals surface area contributed by atoms with Crippen LogP contribution in [0.1, 0.15) is 18.9 Å². The monoisotopic (exact) mass is 274 g/mol. The van der Waals surface area contributed by atoms with Gasteiger partial charge < -0.3 is 5.11 Å². The third-order valence-electron chi connectivity index (χ3n) is 2.90. The molecular weight excluding hydrogens is 256 g/mol. The van der Waals surface area contributed by atoms with E-state index < -0.39 is 0 Å². The second-order valence-corrected chi connectivity index (χ2v) is 7.47. The van der Waals surface area contributed by atoms with Crippen LogP contribution in [0.15, 0.2) is 16.8 Å². The molecule has 1 saturated heterocycles. The largest absolute Gasteiger partial charge is 0.392 e. The van der Waals surface area contributed by atoms with Crippen LogP contribution in [0.3, 0.4) is 0 Å². The summed E-state index contributed by atoms with van der Waals surface area (Å²) in [5, 5.41) is 15.6. The molecule has 2 heterocycles. The van der Waals surface area contributed by atoms with Crippen molar-refractivity contribution >= 4 is 34.9 Å². The molecule has 1 aliphatic heterocycles. The van der Waals surface area contributed by atoms with E-state index in [2.05, 4.69) is 23.8 Å². The second-order valence-electron chi connectivity index (χ2n) is 4.06. The van der Waals surface area contributed by atoms with Crippen LogP contribution < -0.4 is 0 Å². The fraction of sp³-hybridized carbons (Fsp3) is 0.667. The first-order valence-corrected chi connectivity index (χ1v) is 8.77. The van der Waals surface area contributed by atoms with Gasteiger partial charge in [-0.3, -0.25) is 0 Å². The zero-order valence-corrected chi connectivity index (χ0v) is 11.9. The number of rotatable bonds is 4. The lowest BCUT2D eigenvalue weighted by atomic mass is 10.1. The van der Waals surface area contributed by atoms with E-state index in [1.54, 1.807) is 11.3 Å². The zero-order valence-electron chi connectivity index (χ0n) is 9.46. The van der Waals surface area contributed by atoms with Crippen LogP contribution in [-0.4, -0.2) is 33.2 Å². The van der Waals surface area contributed by atoms with Gasteiger partial charge in [-0.15, -0.1) is 0 Å². The maximum absolute atomic E-state index is 10.3. The van der Waals surface area contributed by atoms with Gasteiger partial charge in [-0.05, 0) is 28.8 Å². The van der Waals surface area contributed by atoms with Crippen LogP contribution in [-0.2, 0) is 6.42 Å². The topological polar surface area (TPSA) is 20.2 Å². The molecule has 0 aliphatic carbocycles. The normalized spacial score (nSPS) is 27.9. The number of aliphatic hydroxyl groups is 1. The number of aliphatic hydroxyl groups excluding tert-OH is 1. The van der Waals surface area contributed by atoms with Gasteiger partial charge in [0.2, 0.25) is 0 Å². The molecular formula is C12H18OS3. The molecule has 1 fully saturated rings. The molecule has 2 rings (SSSR count). The Hall–Kier alpha value is 0.360. The minimum atomic E-state index is -0.183. The van der Waals surface area contributed by atoms with Gasteiger partial charge in [0.05, 0.1) is 6.10 Å². The van der Waals surface area contributed by atoms with Crippen molar-refractivity contribution in [2.45, 2.75) is 36.4 Å². The average molecular weight is 274 g/mol. The quantitative estimate of drug-likeness (QED) is 0.910. The lowest BCUT2D eigenvalue weighted by molar-refractivity contribution is 0.169. The molecule has 1 nitrogen and oxygen atoms in total. The molecule has 3 atom stereocenters. The van der Waals surface area contributed by atoms with Gasteiger partial charge in [-0.1, -0.05) is 6.92 Å². The molecule has 1 aromatic heterocycles. The highest BCUT2D eigenvalue weighted by Crippen LogP contribution is 2.36. The Labute approximate surface area is 110 Å². The van der Waals surface area contributed by atoms with Crippen LogP contribution in [0, 0.1) is 0 Å². The van der Waals surface area contributed by atoms with E-state index in [4.69, 9.17) is 0 Å². The molecule has 3 unspecified atom stereocenters. The number of thioether (sulfide) groups is 2. The van der Waals surface area contributed by atoms with Crippen molar-refractivity contribution in [3.8, 4) is 0 Å². The number of hydrogen-bond acceptors (Lipinski definition) is 4. The highest BCUT2D eigenvalue weighted by Gasteiger charge is 2.30. The Morgan fingerprint density at radius 2 is 2.25 bits per heavy atom. The predicted molar refractivity (Wildman–Crippen MR) is 76.8 cm³/mol. The van der Waals surface area contributed by atoms with Crippen LogP contribution >= 0.6 is 34.9 Å². The highest BCUT2D eigenvalue weighted by atomic mass is 32.2. The Bertz CT molecular complexity index is 299. The lowest BCUT2D eigenvalue weighted by Crippen LogP contribution is -2.37. The Morgan fingerprint density at radius 3 is 2.94 bits per heavy atom. The van der Waals surface area contributed by atoms with Gasteiger partial charge in [0.25, 0.3) is 0 Å². The van der Waals surface area contributed by atoms with Gasteiger partial charge in [-0.25, -0.2) is 0 Å². The molecule has 16 heavy (non-hydrogen) atoms. The fourth-order valence-electron chi connectivity index (χ4n) is 2.06. The first-order valence-electron chi connectivity index (χ1n) is 5.73. The van der Waals surface area contributed by atoms with E-state index in [0.717, 1.165) is 6.42 Å². The second kappa shape index (κ2) is 6.34. The standard InChI is InChI=1S/C12H18OS3/c1-2-11-12(16-6-5-15-11)10(13)7-9-3-4-14-8-9/h3-4,8,10-13H,2,5-7H2,1H3. The summed E-state index contributed by atoms with van der Waals surface area (Å²) in [6, 6.07) is 2.12. The van der Waals surface area contributed by atoms with Crippen molar-refractivity contribution in [3.63, 3.8) is 0 Å². The van der Waals surface area contributed by atoms with Gasteiger partial charge in [0.15, 0.2) is 0 Å². The van der Waals surface area contributed by atoms with E-state index in [9.17, 15) is 5.11 Å². The molecule has 1 N–H and O–H groups in total. The van der Waals surface area contributed by atoms with E-state index in [-0.39, 0.29) is 6.10 Å². The maximum atomic E-state index is 10.3. The summed E-state index contributed by atoms with van der Waals surface area (Å²) >= 11 is 5.70. The van der Waals surface area contributed by atoms with E-state index in [1.807, 2.05) is 23.5 Å². The Kier molecular flexibility index (Phi) is 5.07. The van der Waals surface area contributed by atoms with Gasteiger partial charge >= 0.3 is 0 Å². The van der Waals surface area contributed by atoms with Gasteiger partial charge in [0, 0.05) is 28.4 Å². The van der Waals surface area contributed by atoms with Crippen molar-refractivity contribution in [3.05, 3.63) is 22.4 Å². The number of hydrogen-bond donors (Lipinski definition) is 1. The molecule has 0 saturated carbocycles. The third kappa shape index (κ3) is 3.19. The summed E-state index contributed by atoms with van der Waals surface area (Å²) in [6.45, 7) is 2.23. The SMILES string of the molecule is CCC1SCCSC1C(O)Cc1ccsc1. The van der Waals surface area contributed by atoms with Crippen molar-refractivity contribution in [1.29, 1.82) is 0 Å². The summed E-state index contributed by atoms with van der Waals surface area (Å²) in [4.78, 5) is 0. The lowest BCUT2D eigenvalue weighted by Gasteiger charge is -2.33. The first-order chi connectivity index (χ1) is 7.81. The molecule has 0 radical (unpaired) electrons. The molecule has 90 valence electrons. The highest BCUT2D eigenvalue weighted by molar-refractivity contribution is 8.07. The van der Waals surface area contributed by atoms with Crippen molar-refractivity contribution in [1.82, 2.24) is 0 Å². The summed E-state index contributed by atoms with van der Waals surface area (Å²) in [7, 11) is 0. The third-order valence-corrected chi connectivity index (χ3v) is 7.02. The summed E-state index contributed by atoms with van der Waals surface area (Å²) < 4.78 is 0. The molecule has 4 heteroatoms. The van der Waals surface area contributed by atoms with Crippen molar-refractivity contribution in [2.75, 3.05) is 11.5 Å². The van der Waals surface area contributed by atoms with Gasteiger partial charge in [0.1, 0.15) is 0 Å². The fourth-order valence-corrected chi connectivity index (χ4v) is 5.89. The zero-order chi connectivity index (χ0) is 11.4. The van der Waals surface area contributed by atoms with E-state index in [1.165, 1.54) is 23.5 Å². The van der Waals surface area contributed by atoms with Crippen LogP contribution in [0.5, 0.6) is 0 Å². The maximum Gasteiger partial charge on any atom is 0.0710 e. The summed E-state index contributed by atoms with van der Waals surface area (Å²) in [6.07, 6.45) is 1.80. The molecule has 0 spiro atoms. The predicted octanol–water partition coefficient (Wildman–Crippen LogP) is 3.28. The summed E-state index contributed by atoms with van der Waals surface area (Å²) in [5.41, 5.74) is 1.28. The first kappa shape index (κ1) is 12.8.